The van der Waals surface area contributed by atoms with Gasteiger partial charge in [-0.25, -0.2) is 0 Å². The molecule has 0 saturated carbocycles. The highest BCUT2D eigenvalue weighted by Gasteiger charge is 2.40. The fourth-order valence-corrected chi connectivity index (χ4v) is 3.78. The minimum absolute atomic E-state index is 0.00925. The summed E-state index contributed by atoms with van der Waals surface area (Å²) in [5, 5.41) is 3.70. The third-order valence-electron chi connectivity index (χ3n) is 5.52. The van der Waals surface area contributed by atoms with Gasteiger partial charge in [-0.2, -0.15) is 0 Å². The molecular formula is C26H26N3O+. The SMILES string of the molecule is CC1=[N+](C)N(c2ccccc2)C(=O)C1=c1ccccc1=Cc1ccc(N(C)C)cc1. The van der Waals surface area contributed by atoms with E-state index in [9.17, 15) is 4.79 Å². The normalized spacial score (nSPS) is 16.5. The number of rotatable bonds is 3. The Balaban J connectivity index is 1.88. The molecule has 1 amide bonds. The van der Waals surface area contributed by atoms with Crippen LogP contribution < -0.4 is 20.3 Å². The lowest BCUT2D eigenvalue weighted by Crippen LogP contribution is -2.35. The standard InChI is InChI=1S/C26H26N3O/c1-19-25(26(30)29(28(19)4)23-11-6-5-7-12-23)24-13-9-8-10-21(24)18-20-14-16-22(17-15-20)27(2)3/h5-18H,1-4H3/q+1. The maximum atomic E-state index is 13.5. The first-order valence-corrected chi connectivity index (χ1v) is 10.0. The lowest BCUT2D eigenvalue weighted by atomic mass is 10.0. The minimum Gasteiger partial charge on any atom is -0.378 e. The van der Waals surface area contributed by atoms with Gasteiger partial charge in [-0.05, 0) is 41.1 Å². The second-order valence-corrected chi connectivity index (χ2v) is 7.65. The van der Waals surface area contributed by atoms with E-state index in [0.717, 1.165) is 38.7 Å². The molecule has 0 radical (unpaired) electrons. The zero-order valence-corrected chi connectivity index (χ0v) is 17.8. The summed E-state index contributed by atoms with van der Waals surface area (Å²) in [7, 11) is 5.99. The second-order valence-electron chi connectivity index (χ2n) is 7.65. The molecule has 0 N–H and O–H groups in total. The fourth-order valence-electron chi connectivity index (χ4n) is 3.78. The predicted octanol–water partition coefficient (Wildman–Crippen LogP) is 2.80. The molecule has 0 atom stereocenters. The number of amides is 1. The van der Waals surface area contributed by atoms with Gasteiger partial charge in [-0.1, -0.05) is 59.6 Å². The van der Waals surface area contributed by atoms with E-state index in [1.807, 2.05) is 81.3 Å². The molecule has 0 aromatic heterocycles. The van der Waals surface area contributed by atoms with Crippen molar-refractivity contribution in [1.29, 1.82) is 0 Å². The van der Waals surface area contributed by atoms with Crippen molar-refractivity contribution >= 4 is 34.6 Å². The van der Waals surface area contributed by atoms with Crippen molar-refractivity contribution in [3.8, 4) is 0 Å². The number of nitrogens with zero attached hydrogens (tertiary/aromatic N) is 3. The molecule has 150 valence electrons. The number of carbonyl (C=O) groups excluding carboxylic acids is 1. The van der Waals surface area contributed by atoms with Crippen molar-refractivity contribution in [1.82, 2.24) is 0 Å². The van der Waals surface area contributed by atoms with Crippen LogP contribution in [0.25, 0.3) is 11.6 Å². The number of para-hydroxylation sites is 1. The van der Waals surface area contributed by atoms with Crippen LogP contribution in [0.1, 0.15) is 12.5 Å². The topological polar surface area (TPSA) is 26.6 Å². The number of anilines is 2. The minimum atomic E-state index is -0.00925. The first-order chi connectivity index (χ1) is 14.5. The summed E-state index contributed by atoms with van der Waals surface area (Å²) in [6.07, 6.45) is 2.13. The van der Waals surface area contributed by atoms with Gasteiger partial charge in [0.05, 0.1) is 0 Å². The monoisotopic (exact) mass is 396 g/mol. The van der Waals surface area contributed by atoms with Gasteiger partial charge in [-0.3, -0.25) is 4.79 Å². The summed E-state index contributed by atoms with van der Waals surface area (Å²) in [6, 6.07) is 26.3. The van der Waals surface area contributed by atoms with Crippen LogP contribution in [0.5, 0.6) is 0 Å². The van der Waals surface area contributed by atoms with Crippen LogP contribution in [0.15, 0.2) is 78.9 Å². The van der Waals surface area contributed by atoms with E-state index in [0.29, 0.717) is 0 Å². The Bertz CT molecular complexity index is 1240. The van der Waals surface area contributed by atoms with Crippen molar-refractivity contribution in [2.24, 2.45) is 0 Å². The first-order valence-electron chi connectivity index (χ1n) is 10.0. The molecule has 1 heterocycles. The van der Waals surface area contributed by atoms with Crippen molar-refractivity contribution in [3.05, 3.63) is 94.9 Å². The van der Waals surface area contributed by atoms with Gasteiger partial charge >= 0.3 is 5.91 Å². The molecule has 4 nitrogen and oxygen atoms in total. The fraction of sp³-hybridized carbons (Fsp3) is 0.154. The Kier molecular flexibility index (Phi) is 5.23. The highest BCUT2D eigenvalue weighted by Crippen LogP contribution is 2.22. The number of hydrogen-bond donors (Lipinski definition) is 0. The van der Waals surface area contributed by atoms with E-state index in [4.69, 9.17) is 0 Å². The summed E-state index contributed by atoms with van der Waals surface area (Å²) in [5.74, 6) is -0.00925. The van der Waals surface area contributed by atoms with E-state index >= 15 is 0 Å². The summed E-state index contributed by atoms with van der Waals surface area (Å²) >= 11 is 0. The molecule has 3 aromatic carbocycles. The van der Waals surface area contributed by atoms with Crippen molar-refractivity contribution < 1.29 is 9.48 Å². The Morgan fingerprint density at radius 1 is 0.867 bits per heavy atom. The van der Waals surface area contributed by atoms with Gasteiger partial charge in [0.15, 0.2) is 7.05 Å². The van der Waals surface area contributed by atoms with E-state index in [1.165, 1.54) is 0 Å². The quantitative estimate of drug-likeness (QED) is 0.637. The Morgan fingerprint density at radius 3 is 2.17 bits per heavy atom. The first kappa shape index (κ1) is 19.6. The van der Waals surface area contributed by atoms with Gasteiger partial charge in [0.1, 0.15) is 11.3 Å². The average molecular weight is 397 g/mol. The van der Waals surface area contributed by atoms with E-state index in [1.54, 1.807) is 5.01 Å². The van der Waals surface area contributed by atoms with Crippen molar-refractivity contribution in [2.45, 2.75) is 6.92 Å². The van der Waals surface area contributed by atoms with Gasteiger partial charge in [-0.15, -0.1) is 4.68 Å². The van der Waals surface area contributed by atoms with E-state index in [-0.39, 0.29) is 5.91 Å². The maximum absolute atomic E-state index is 13.5. The molecule has 4 heteroatoms. The van der Waals surface area contributed by atoms with Crippen LogP contribution in [-0.4, -0.2) is 37.4 Å². The molecule has 1 aliphatic heterocycles. The smallest absolute Gasteiger partial charge is 0.320 e. The number of carbonyl (C=O) groups is 1. The van der Waals surface area contributed by atoms with Crippen LogP contribution in [0.3, 0.4) is 0 Å². The van der Waals surface area contributed by atoms with Crippen LogP contribution in [-0.2, 0) is 4.79 Å². The summed E-state index contributed by atoms with van der Waals surface area (Å²) in [5.41, 5.74) is 4.79. The molecule has 0 saturated heterocycles. The third-order valence-corrected chi connectivity index (χ3v) is 5.52. The Labute approximate surface area is 177 Å². The third kappa shape index (κ3) is 3.52. The maximum Gasteiger partial charge on any atom is 0.320 e. The van der Waals surface area contributed by atoms with Crippen LogP contribution in [0.4, 0.5) is 11.4 Å². The molecule has 3 aromatic rings. The Hall–Kier alpha value is -3.66. The van der Waals surface area contributed by atoms with E-state index < -0.39 is 0 Å². The molecule has 0 spiro atoms. The lowest BCUT2D eigenvalue weighted by Gasteiger charge is -2.11. The molecule has 4 rings (SSSR count). The summed E-state index contributed by atoms with van der Waals surface area (Å²) < 4.78 is 1.93. The van der Waals surface area contributed by atoms with Crippen LogP contribution in [0, 0.1) is 0 Å². The zero-order chi connectivity index (χ0) is 21.3. The molecule has 0 fully saturated rings. The second kappa shape index (κ2) is 7.99. The van der Waals surface area contributed by atoms with Gasteiger partial charge in [0.2, 0.25) is 5.71 Å². The molecule has 1 aliphatic rings. The number of benzene rings is 3. The van der Waals surface area contributed by atoms with Crippen molar-refractivity contribution in [2.75, 3.05) is 31.1 Å². The molecule has 0 aliphatic carbocycles. The van der Waals surface area contributed by atoms with Gasteiger partial charge < -0.3 is 4.90 Å². The van der Waals surface area contributed by atoms with Gasteiger partial charge in [0.25, 0.3) is 0 Å². The van der Waals surface area contributed by atoms with Crippen molar-refractivity contribution in [3.63, 3.8) is 0 Å². The molecule has 0 unspecified atom stereocenters. The largest absolute Gasteiger partial charge is 0.378 e. The summed E-state index contributed by atoms with van der Waals surface area (Å²) in [4.78, 5) is 15.5. The number of hydrazone groups is 1. The molecular weight excluding hydrogens is 370 g/mol. The Morgan fingerprint density at radius 2 is 1.50 bits per heavy atom. The number of hydrogen-bond acceptors (Lipinski definition) is 2. The van der Waals surface area contributed by atoms with E-state index in [2.05, 4.69) is 41.3 Å². The van der Waals surface area contributed by atoms with Gasteiger partial charge in [0, 0.05) is 31.9 Å². The van der Waals surface area contributed by atoms with Crippen LogP contribution >= 0.6 is 0 Å². The predicted molar refractivity (Wildman–Crippen MR) is 124 cm³/mol. The molecule has 0 bridgehead atoms. The summed E-state index contributed by atoms with van der Waals surface area (Å²) in [6.45, 7) is 2.00. The highest BCUT2D eigenvalue weighted by molar-refractivity contribution is 6.45. The number of hydrazine groups is 1. The molecule has 30 heavy (non-hydrogen) atoms. The zero-order valence-electron chi connectivity index (χ0n) is 17.8. The average Bonchev–Trinajstić information content (AvgIpc) is 2.98. The highest BCUT2D eigenvalue weighted by atomic mass is 16.2. The van der Waals surface area contributed by atoms with Crippen LogP contribution in [0.2, 0.25) is 0 Å². The lowest BCUT2D eigenvalue weighted by molar-refractivity contribution is -0.495.